The van der Waals surface area contributed by atoms with Crippen LogP contribution in [0.3, 0.4) is 0 Å². The minimum atomic E-state index is -2.21. The molecular formula is C10H12F4OSi. The third kappa shape index (κ3) is 2.62. The number of hydrogen-bond acceptors (Lipinski definition) is 1. The molecule has 0 N–H and O–H groups in total. The second-order valence-corrected chi connectivity index (χ2v) is 8.38. The van der Waals surface area contributed by atoms with Crippen LogP contribution in [-0.4, -0.2) is 15.4 Å². The van der Waals surface area contributed by atoms with E-state index in [1.165, 1.54) is 7.11 Å². The maximum absolute atomic E-state index is 13.3. The minimum Gasteiger partial charge on any atom is -0.420 e. The highest BCUT2D eigenvalue weighted by molar-refractivity contribution is 6.70. The molecule has 1 rings (SSSR count). The maximum Gasteiger partial charge on any atom is 0.197 e. The maximum atomic E-state index is 13.3. The van der Waals surface area contributed by atoms with Crippen LogP contribution in [0.15, 0.2) is 6.07 Å². The van der Waals surface area contributed by atoms with E-state index in [1.807, 2.05) is 0 Å². The summed E-state index contributed by atoms with van der Waals surface area (Å²) in [5, 5.41) is 0. The van der Waals surface area contributed by atoms with Gasteiger partial charge in [0.2, 0.25) is 0 Å². The SMILES string of the molecule is CO[Si](C)(C)Cc1cc(F)c(F)c(F)c1F. The van der Waals surface area contributed by atoms with Crippen molar-refractivity contribution in [2.75, 3.05) is 7.11 Å². The highest BCUT2D eigenvalue weighted by Gasteiger charge is 2.26. The molecule has 90 valence electrons. The molecule has 0 aliphatic rings. The first-order chi connectivity index (χ1) is 7.28. The smallest absolute Gasteiger partial charge is 0.197 e. The van der Waals surface area contributed by atoms with Crippen LogP contribution >= 0.6 is 0 Å². The van der Waals surface area contributed by atoms with Gasteiger partial charge in [0.25, 0.3) is 0 Å². The fraction of sp³-hybridized carbons (Fsp3) is 0.400. The molecule has 0 fully saturated rings. The van der Waals surface area contributed by atoms with E-state index in [0.29, 0.717) is 6.07 Å². The number of hydrogen-bond donors (Lipinski definition) is 0. The Morgan fingerprint density at radius 1 is 1.06 bits per heavy atom. The highest BCUT2D eigenvalue weighted by Crippen LogP contribution is 2.22. The molecule has 0 spiro atoms. The van der Waals surface area contributed by atoms with Gasteiger partial charge in [0.15, 0.2) is 31.6 Å². The third-order valence-corrected chi connectivity index (χ3v) is 4.68. The second kappa shape index (κ2) is 4.55. The predicted molar refractivity (Wildman–Crippen MR) is 54.5 cm³/mol. The zero-order valence-corrected chi connectivity index (χ0v) is 10.2. The predicted octanol–water partition coefficient (Wildman–Crippen LogP) is 3.18. The van der Waals surface area contributed by atoms with E-state index < -0.39 is 31.6 Å². The van der Waals surface area contributed by atoms with E-state index >= 15 is 0 Å². The molecule has 0 aliphatic carbocycles. The molecule has 0 aromatic heterocycles. The first-order valence-electron chi connectivity index (χ1n) is 4.65. The Bertz CT molecular complexity index is 406. The van der Waals surface area contributed by atoms with Crippen molar-refractivity contribution in [1.29, 1.82) is 0 Å². The molecule has 0 bridgehead atoms. The summed E-state index contributed by atoms with van der Waals surface area (Å²) < 4.78 is 56.9. The van der Waals surface area contributed by atoms with E-state index in [2.05, 4.69) is 0 Å². The molecule has 0 amide bonds. The summed E-state index contributed by atoms with van der Waals surface area (Å²) in [4.78, 5) is 0. The van der Waals surface area contributed by atoms with Crippen LogP contribution in [0.2, 0.25) is 13.1 Å². The molecule has 16 heavy (non-hydrogen) atoms. The quantitative estimate of drug-likeness (QED) is 0.347. The molecule has 0 heterocycles. The van der Waals surface area contributed by atoms with Crippen LogP contribution in [0.25, 0.3) is 0 Å². The van der Waals surface area contributed by atoms with Crippen molar-refractivity contribution < 1.29 is 22.0 Å². The van der Waals surface area contributed by atoms with Gasteiger partial charge in [-0.2, -0.15) is 0 Å². The van der Waals surface area contributed by atoms with E-state index in [4.69, 9.17) is 4.43 Å². The van der Waals surface area contributed by atoms with Crippen LogP contribution in [0.1, 0.15) is 5.56 Å². The van der Waals surface area contributed by atoms with Gasteiger partial charge in [-0.3, -0.25) is 0 Å². The van der Waals surface area contributed by atoms with E-state index in [1.54, 1.807) is 13.1 Å². The summed E-state index contributed by atoms with van der Waals surface area (Å²) in [6, 6.07) is 0.769. The van der Waals surface area contributed by atoms with Crippen molar-refractivity contribution in [2.45, 2.75) is 19.1 Å². The zero-order chi connectivity index (χ0) is 12.5. The molecule has 0 aliphatic heterocycles. The molecule has 0 saturated carbocycles. The summed E-state index contributed by atoms with van der Waals surface area (Å²) >= 11 is 0. The van der Waals surface area contributed by atoms with Gasteiger partial charge in [-0.25, -0.2) is 17.6 Å². The first kappa shape index (κ1) is 13.2. The Kier molecular flexibility index (Phi) is 3.74. The molecule has 1 aromatic carbocycles. The average molecular weight is 252 g/mol. The molecule has 1 aromatic rings. The number of benzene rings is 1. The lowest BCUT2D eigenvalue weighted by molar-refractivity contribution is 0.393. The van der Waals surface area contributed by atoms with Crippen LogP contribution in [0.4, 0.5) is 17.6 Å². The van der Waals surface area contributed by atoms with Crippen LogP contribution in [-0.2, 0) is 10.5 Å². The van der Waals surface area contributed by atoms with E-state index in [0.717, 1.165) is 0 Å². The van der Waals surface area contributed by atoms with E-state index in [-0.39, 0.29) is 11.6 Å². The summed E-state index contributed by atoms with van der Waals surface area (Å²) in [5.74, 6) is -6.26. The van der Waals surface area contributed by atoms with Gasteiger partial charge < -0.3 is 4.43 Å². The van der Waals surface area contributed by atoms with Gasteiger partial charge in [0.1, 0.15) is 0 Å². The molecule has 6 heteroatoms. The average Bonchev–Trinajstić information content (AvgIpc) is 2.22. The Morgan fingerprint density at radius 2 is 1.62 bits per heavy atom. The van der Waals surface area contributed by atoms with Crippen LogP contribution in [0, 0.1) is 23.3 Å². The number of halogens is 4. The Morgan fingerprint density at radius 3 is 2.12 bits per heavy atom. The molecular weight excluding hydrogens is 240 g/mol. The molecule has 0 saturated heterocycles. The number of rotatable bonds is 3. The van der Waals surface area contributed by atoms with Crippen LogP contribution < -0.4 is 0 Å². The lowest BCUT2D eigenvalue weighted by Gasteiger charge is -2.20. The Labute approximate surface area is 92.2 Å². The summed E-state index contributed by atoms with van der Waals surface area (Å²) in [5.41, 5.74) is -0.185. The minimum absolute atomic E-state index is 0.0868. The normalized spacial score (nSPS) is 11.9. The Balaban J connectivity index is 3.16. The van der Waals surface area contributed by atoms with Crippen molar-refractivity contribution >= 4 is 8.32 Å². The monoisotopic (exact) mass is 252 g/mol. The lowest BCUT2D eigenvalue weighted by Crippen LogP contribution is -2.32. The van der Waals surface area contributed by atoms with Gasteiger partial charge in [0, 0.05) is 7.11 Å². The van der Waals surface area contributed by atoms with Crippen LogP contribution in [0.5, 0.6) is 0 Å². The standard InChI is InChI=1S/C10H12F4OSi/c1-15-16(2,3)5-6-4-7(11)9(13)10(14)8(6)12/h4H,5H2,1-3H3. The van der Waals surface area contributed by atoms with Gasteiger partial charge in [-0.05, 0) is 30.8 Å². The van der Waals surface area contributed by atoms with Gasteiger partial charge in [-0.15, -0.1) is 0 Å². The summed E-state index contributed by atoms with van der Waals surface area (Å²) in [6.45, 7) is 3.54. The zero-order valence-electron chi connectivity index (χ0n) is 9.20. The third-order valence-electron chi connectivity index (χ3n) is 2.35. The summed E-state index contributed by atoms with van der Waals surface area (Å²) in [6.07, 6.45) is 0. The van der Waals surface area contributed by atoms with Crippen molar-refractivity contribution in [3.05, 3.63) is 34.9 Å². The first-order valence-corrected chi connectivity index (χ1v) is 7.77. The van der Waals surface area contributed by atoms with Gasteiger partial charge in [0.05, 0.1) is 0 Å². The van der Waals surface area contributed by atoms with Crippen molar-refractivity contribution in [3.63, 3.8) is 0 Å². The van der Waals surface area contributed by atoms with Crippen molar-refractivity contribution in [2.24, 2.45) is 0 Å². The van der Waals surface area contributed by atoms with Crippen molar-refractivity contribution in [3.8, 4) is 0 Å². The lowest BCUT2D eigenvalue weighted by atomic mass is 10.2. The molecule has 0 unspecified atom stereocenters. The van der Waals surface area contributed by atoms with Crippen molar-refractivity contribution in [1.82, 2.24) is 0 Å². The van der Waals surface area contributed by atoms with Gasteiger partial charge >= 0.3 is 0 Å². The Hall–Kier alpha value is -0.883. The molecule has 0 radical (unpaired) electrons. The topological polar surface area (TPSA) is 9.23 Å². The fourth-order valence-corrected chi connectivity index (χ4v) is 2.60. The van der Waals surface area contributed by atoms with E-state index in [9.17, 15) is 17.6 Å². The fourth-order valence-electron chi connectivity index (χ4n) is 1.28. The molecule has 0 atom stereocenters. The largest absolute Gasteiger partial charge is 0.420 e. The summed E-state index contributed by atoms with van der Waals surface area (Å²) in [7, 11) is -0.750. The van der Waals surface area contributed by atoms with Gasteiger partial charge in [-0.1, -0.05) is 0 Å². The molecule has 1 nitrogen and oxygen atoms in total. The highest BCUT2D eigenvalue weighted by atomic mass is 28.4. The second-order valence-electron chi connectivity index (χ2n) is 4.10.